The molecule has 1 saturated carbocycles. The molecule has 4 rings (SSSR count). The van der Waals surface area contributed by atoms with E-state index in [4.69, 9.17) is 4.43 Å². The Morgan fingerprint density at radius 2 is 1.71 bits per heavy atom. The fraction of sp³-hybridized carbons (Fsp3) is 0.655. The molecule has 3 aliphatic rings. The molecule has 1 saturated heterocycles. The summed E-state index contributed by atoms with van der Waals surface area (Å²) < 4.78 is 6.66. The van der Waals surface area contributed by atoms with Gasteiger partial charge < -0.3 is 9.53 Å². The second-order valence-corrected chi connectivity index (χ2v) is 17.3. The van der Waals surface area contributed by atoms with Crippen LogP contribution in [0.25, 0.3) is 0 Å². The Hall–Kier alpha value is -1.76. The molecule has 2 aliphatic carbocycles. The van der Waals surface area contributed by atoms with Gasteiger partial charge in [0.15, 0.2) is 8.32 Å². The fourth-order valence-electron chi connectivity index (χ4n) is 6.14. The summed E-state index contributed by atoms with van der Waals surface area (Å²) in [6, 6.07) is 9.60. The number of carbonyl (C=O) groups excluding carboxylic acids is 2. The summed E-state index contributed by atoms with van der Waals surface area (Å²) >= 11 is 0. The first kappa shape index (κ1) is 26.3. The van der Waals surface area contributed by atoms with E-state index in [0.29, 0.717) is 11.8 Å². The van der Waals surface area contributed by atoms with Gasteiger partial charge in [0.05, 0.1) is 18.6 Å². The Balaban J connectivity index is 1.68. The van der Waals surface area contributed by atoms with Gasteiger partial charge in [-0.1, -0.05) is 83.0 Å². The molecule has 192 valence electrons. The van der Waals surface area contributed by atoms with E-state index < -0.39 is 26.4 Å². The van der Waals surface area contributed by atoms with Crippen molar-refractivity contribution in [3.05, 3.63) is 48.0 Å². The molecule has 5 nitrogen and oxygen atoms in total. The highest BCUT2D eigenvalue weighted by atomic mass is 28.4. The number of aliphatic hydroxyl groups excluding tert-OH is 1. The smallest absolute Gasteiger partial charge is 0.258 e. The molecular formula is C29H43NO4Si. The quantitative estimate of drug-likeness (QED) is 0.318. The number of amides is 2. The van der Waals surface area contributed by atoms with Crippen molar-refractivity contribution in [2.75, 3.05) is 0 Å². The van der Waals surface area contributed by atoms with Crippen LogP contribution in [-0.4, -0.2) is 42.3 Å². The number of imide groups is 1. The van der Waals surface area contributed by atoms with Gasteiger partial charge in [-0.15, -0.1) is 0 Å². The van der Waals surface area contributed by atoms with E-state index in [0.717, 1.165) is 24.8 Å². The molecule has 0 spiro atoms. The standard InChI is InChI=1S/C29H43NO4Si/c1-19-16-17-21-14-10-11-15-22(21)23(19)25(31)24-26(34-35(5,6)29(2,3)4)28(33)30(27(24)32)18-20-12-8-7-9-13-20/h7-9,12-13,16-17,19,21-26,31H,10-11,14-15,18H2,1-6H3/t19-,21+,22-,23-,24-,25?,26-/m0/s1. The topological polar surface area (TPSA) is 66.8 Å². The molecule has 1 heterocycles. The first-order valence-electron chi connectivity index (χ1n) is 13.4. The van der Waals surface area contributed by atoms with Gasteiger partial charge in [0.2, 0.25) is 5.91 Å². The van der Waals surface area contributed by atoms with Crippen LogP contribution >= 0.6 is 0 Å². The van der Waals surface area contributed by atoms with Crippen LogP contribution in [0.2, 0.25) is 18.1 Å². The van der Waals surface area contributed by atoms with Gasteiger partial charge in [-0.3, -0.25) is 14.5 Å². The van der Waals surface area contributed by atoms with Crippen LogP contribution in [0.4, 0.5) is 0 Å². The summed E-state index contributed by atoms with van der Waals surface area (Å²) in [7, 11) is -2.38. The van der Waals surface area contributed by atoms with Crippen molar-refractivity contribution in [3.8, 4) is 0 Å². The monoisotopic (exact) mass is 497 g/mol. The van der Waals surface area contributed by atoms with Gasteiger partial charge in [-0.05, 0) is 60.2 Å². The number of nitrogens with zero attached hydrogens (tertiary/aromatic N) is 1. The molecule has 6 heteroatoms. The summed E-state index contributed by atoms with van der Waals surface area (Å²) in [4.78, 5) is 29.0. The Kier molecular flexibility index (Phi) is 7.47. The Labute approximate surface area is 212 Å². The highest BCUT2D eigenvalue weighted by molar-refractivity contribution is 6.74. The molecule has 2 fully saturated rings. The van der Waals surface area contributed by atoms with E-state index in [-0.39, 0.29) is 35.2 Å². The molecule has 1 N–H and O–H groups in total. The average Bonchev–Trinajstić information content (AvgIpc) is 3.02. The molecule has 0 bridgehead atoms. The van der Waals surface area contributed by atoms with Crippen LogP contribution in [0.5, 0.6) is 0 Å². The van der Waals surface area contributed by atoms with Gasteiger partial charge >= 0.3 is 0 Å². The average molecular weight is 498 g/mol. The zero-order valence-corrected chi connectivity index (χ0v) is 23.2. The number of hydrogen-bond acceptors (Lipinski definition) is 4. The predicted octanol–water partition coefficient (Wildman–Crippen LogP) is 5.55. The predicted molar refractivity (Wildman–Crippen MR) is 141 cm³/mol. The molecular weight excluding hydrogens is 454 g/mol. The third-order valence-electron chi connectivity index (χ3n) is 9.20. The first-order chi connectivity index (χ1) is 16.4. The Morgan fingerprint density at radius 1 is 1.06 bits per heavy atom. The molecule has 0 radical (unpaired) electrons. The van der Waals surface area contributed by atoms with E-state index >= 15 is 0 Å². The lowest BCUT2D eigenvalue weighted by Crippen LogP contribution is -2.52. The van der Waals surface area contributed by atoms with Crippen molar-refractivity contribution < 1.29 is 19.1 Å². The number of hydrogen-bond donors (Lipinski definition) is 1. The minimum absolute atomic E-state index is 0.0470. The van der Waals surface area contributed by atoms with Crippen LogP contribution < -0.4 is 0 Å². The highest BCUT2D eigenvalue weighted by Crippen LogP contribution is 2.48. The number of benzene rings is 1. The minimum atomic E-state index is -2.38. The highest BCUT2D eigenvalue weighted by Gasteiger charge is 2.57. The largest absolute Gasteiger partial charge is 0.404 e. The second-order valence-electron chi connectivity index (χ2n) is 12.5. The molecule has 2 amide bonds. The number of fused-ring (bicyclic) bond motifs is 1. The molecule has 1 aromatic carbocycles. The van der Waals surface area contributed by atoms with Crippen LogP contribution in [-0.2, 0) is 20.6 Å². The van der Waals surface area contributed by atoms with Crippen molar-refractivity contribution in [2.45, 2.75) is 90.3 Å². The lowest BCUT2D eigenvalue weighted by Gasteiger charge is -2.45. The second kappa shape index (κ2) is 9.95. The van der Waals surface area contributed by atoms with E-state index in [1.165, 1.54) is 11.3 Å². The number of aliphatic hydroxyl groups is 1. The van der Waals surface area contributed by atoms with Gasteiger partial charge in [0, 0.05) is 0 Å². The van der Waals surface area contributed by atoms with Crippen LogP contribution in [0.3, 0.4) is 0 Å². The Morgan fingerprint density at radius 3 is 2.37 bits per heavy atom. The fourth-order valence-corrected chi connectivity index (χ4v) is 7.37. The van der Waals surface area contributed by atoms with Gasteiger partial charge in [-0.2, -0.15) is 0 Å². The lowest BCUT2D eigenvalue weighted by atomic mass is 9.62. The molecule has 1 unspecified atom stereocenters. The maximum absolute atomic E-state index is 13.9. The summed E-state index contributed by atoms with van der Waals surface area (Å²) in [6.07, 6.45) is 7.28. The maximum atomic E-state index is 13.9. The molecule has 35 heavy (non-hydrogen) atoms. The van der Waals surface area contributed by atoms with Crippen LogP contribution in [0.1, 0.15) is 58.9 Å². The van der Waals surface area contributed by atoms with E-state index in [1.807, 2.05) is 30.3 Å². The molecule has 1 aliphatic heterocycles. The minimum Gasteiger partial charge on any atom is -0.404 e. The van der Waals surface area contributed by atoms with Gasteiger partial charge in [0.1, 0.15) is 6.10 Å². The van der Waals surface area contributed by atoms with Crippen molar-refractivity contribution >= 4 is 20.1 Å². The van der Waals surface area contributed by atoms with Crippen LogP contribution in [0, 0.1) is 29.6 Å². The summed E-state index contributed by atoms with van der Waals surface area (Å²) in [5.41, 5.74) is 0.900. The first-order valence-corrected chi connectivity index (χ1v) is 16.3. The number of allylic oxidation sites excluding steroid dienone is 2. The van der Waals surface area contributed by atoms with Crippen molar-refractivity contribution in [1.82, 2.24) is 4.90 Å². The third-order valence-corrected chi connectivity index (χ3v) is 13.7. The molecule has 1 aromatic rings. The third kappa shape index (κ3) is 5.07. The van der Waals surface area contributed by atoms with Crippen LogP contribution in [0.15, 0.2) is 42.5 Å². The van der Waals surface area contributed by atoms with E-state index in [1.54, 1.807) is 0 Å². The molecule has 0 aromatic heterocycles. The van der Waals surface area contributed by atoms with Crippen molar-refractivity contribution in [3.63, 3.8) is 0 Å². The van der Waals surface area contributed by atoms with E-state index in [2.05, 4.69) is 52.9 Å². The number of rotatable bonds is 6. The Bertz CT molecular complexity index is 953. The lowest BCUT2D eigenvalue weighted by molar-refractivity contribution is -0.142. The number of carbonyl (C=O) groups is 2. The van der Waals surface area contributed by atoms with Crippen molar-refractivity contribution in [2.24, 2.45) is 29.6 Å². The SMILES string of the molecule is C[C@H]1C=C[C@H]2CCCC[C@@H]2[C@H]1C(O)[C@@H]1C(=O)N(Cc2ccccc2)C(=O)[C@H]1O[Si](C)(C)C(C)(C)C. The molecule has 7 atom stereocenters. The van der Waals surface area contributed by atoms with Gasteiger partial charge in [-0.25, -0.2) is 0 Å². The summed E-state index contributed by atoms with van der Waals surface area (Å²) in [5.74, 6) is -0.540. The summed E-state index contributed by atoms with van der Waals surface area (Å²) in [5, 5.41) is 11.8. The zero-order chi connectivity index (χ0) is 25.5. The number of likely N-dealkylation sites (tertiary alicyclic amines) is 1. The van der Waals surface area contributed by atoms with Gasteiger partial charge in [0.25, 0.3) is 5.91 Å². The van der Waals surface area contributed by atoms with Crippen molar-refractivity contribution in [1.29, 1.82) is 0 Å². The normalized spacial score (nSPS) is 32.6. The van der Waals surface area contributed by atoms with E-state index in [9.17, 15) is 14.7 Å². The zero-order valence-electron chi connectivity index (χ0n) is 22.2. The summed E-state index contributed by atoms with van der Waals surface area (Å²) in [6.45, 7) is 13.0. The maximum Gasteiger partial charge on any atom is 0.258 e.